The fourth-order valence-corrected chi connectivity index (χ4v) is 1.61. The van der Waals surface area contributed by atoms with Crippen molar-refractivity contribution in [2.24, 2.45) is 0 Å². The van der Waals surface area contributed by atoms with Gasteiger partial charge in [0.15, 0.2) is 0 Å². The molecule has 0 aromatic heterocycles. The van der Waals surface area contributed by atoms with Gasteiger partial charge in [0.25, 0.3) is 5.69 Å². The highest BCUT2D eigenvalue weighted by Gasteiger charge is 2.22. The number of benzene rings is 1. The molecule has 5 heteroatoms. The molecule has 1 aromatic rings. The summed E-state index contributed by atoms with van der Waals surface area (Å²) in [7, 11) is 0. The topological polar surface area (TPSA) is 43.1 Å². The van der Waals surface area contributed by atoms with Gasteiger partial charge in [-0.05, 0) is 13.0 Å². The first-order valence-corrected chi connectivity index (χ1v) is 5.33. The number of nitro benzene ring substituents is 1. The maximum Gasteiger partial charge on any atom is 0.274 e. The van der Waals surface area contributed by atoms with Crippen LogP contribution in [0.2, 0.25) is 5.02 Å². The molecule has 0 aliphatic carbocycles. The predicted molar refractivity (Wildman–Crippen MR) is 61.8 cm³/mol. The average Bonchev–Trinajstić information content (AvgIpc) is 2.16. The van der Waals surface area contributed by atoms with E-state index in [0.29, 0.717) is 10.6 Å². The van der Waals surface area contributed by atoms with Crippen LogP contribution >= 0.6 is 23.2 Å². The Balaban J connectivity index is 3.22. The highest BCUT2D eigenvalue weighted by Crippen LogP contribution is 2.32. The number of hydrogen-bond donors (Lipinski definition) is 0. The van der Waals surface area contributed by atoms with E-state index in [1.54, 1.807) is 12.1 Å². The lowest BCUT2D eigenvalue weighted by molar-refractivity contribution is -0.385. The van der Waals surface area contributed by atoms with E-state index in [1.165, 1.54) is 6.07 Å². The van der Waals surface area contributed by atoms with Gasteiger partial charge in [0, 0.05) is 27.9 Å². The first-order valence-electron chi connectivity index (χ1n) is 4.51. The van der Waals surface area contributed by atoms with Crippen LogP contribution in [0, 0.1) is 10.1 Å². The average molecular weight is 248 g/mol. The van der Waals surface area contributed by atoms with Gasteiger partial charge in [0.05, 0.1) is 4.92 Å². The van der Waals surface area contributed by atoms with Crippen LogP contribution in [0.15, 0.2) is 18.2 Å². The van der Waals surface area contributed by atoms with E-state index in [4.69, 9.17) is 23.2 Å². The molecular formula is C10H11Cl2NO2. The van der Waals surface area contributed by atoms with Crippen LogP contribution in [-0.2, 0) is 0 Å². The van der Waals surface area contributed by atoms with Gasteiger partial charge in [-0.3, -0.25) is 10.1 Å². The monoisotopic (exact) mass is 247 g/mol. The Kier molecular flexibility index (Phi) is 3.94. The Labute approximate surface area is 98.2 Å². The van der Waals surface area contributed by atoms with Crippen LogP contribution in [0.25, 0.3) is 0 Å². The molecule has 15 heavy (non-hydrogen) atoms. The standard InChI is InChI=1S/C10H11Cl2NO2/c1-6(7(2)11)9-4-3-8(12)5-10(9)13(14)15/h3-7H,1-2H3. The van der Waals surface area contributed by atoms with Crippen LogP contribution < -0.4 is 0 Å². The van der Waals surface area contributed by atoms with Crippen molar-refractivity contribution in [3.63, 3.8) is 0 Å². The molecule has 0 saturated heterocycles. The van der Waals surface area contributed by atoms with Crippen LogP contribution in [0.1, 0.15) is 25.3 Å². The maximum atomic E-state index is 10.8. The molecule has 0 amide bonds. The van der Waals surface area contributed by atoms with Gasteiger partial charge in [-0.1, -0.05) is 24.6 Å². The summed E-state index contributed by atoms with van der Waals surface area (Å²) in [5, 5.41) is 11.0. The first-order chi connectivity index (χ1) is 6.93. The summed E-state index contributed by atoms with van der Waals surface area (Å²) in [5.41, 5.74) is 0.648. The lowest BCUT2D eigenvalue weighted by Gasteiger charge is -2.14. The van der Waals surface area contributed by atoms with Crippen molar-refractivity contribution < 1.29 is 4.92 Å². The highest BCUT2D eigenvalue weighted by molar-refractivity contribution is 6.30. The molecule has 0 saturated carbocycles. The van der Waals surface area contributed by atoms with E-state index in [2.05, 4.69) is 0 Å². The summed E-state index contributed by atoms with van der Waals surface area (Å²) >= 11 is 11.6. The molecule has 0 aliphatic heterocycles. The lowest BCUT2D eigenvalue weighted by Crippen LogP contribution is -2.07. The van der Waals surface area contributed by atoms with Gasteiger partial charge in [-0.2, -0.15) is 0 Å². The van der Waals surface area contributed by atoms with Crippen molar-refractivity contribution in [1.82, 2.24) is 0 Å². The van der Waals surface area contributed by atoms with Crippen molar-refractivity contribution in [3.8, 4) is 0 Å². The van der Waals surface area contributed by atoms with Crippen LogP contribution in [0.4, 0.5) is 5.69 Å². The number of nitrogens with zero attached hydrogens (tertiary/aromatic N) is 1. The van der Waals surface area contributed by atoms with Crippen molar-refractivity contribution in [2.75, 3.05) is 0 Å². The second kappa shape index (κ2) is 4.81. The molecule has 0 aliphatic rings. The van der Waals surface area contributed by atoms with Gasteiger partial charge in [-0.25, -0.2) is 0 Å². The summed E-state index contributed by atoms with van der Waals surface area (Å²) < 4.78 is 0. The molecule has 82 valence electrons. The minimum absolute atomic E-state index is 0.0301. The zero-order chi connectivity index (χ0) is 11.6. The van der Waals surface area contributed by atoms with E-state index in [1.807, 2.05) is 13.8 Å². The third-order valence-corrected chi connectivity index (χ3v) is 2.98. The van der Waals surface area contributed by atoms with Crippen molar-refractivity contribution >= 4 is 28.9 Å². The quantitative estimate of drug-likeness (QED) is 0.461. The Morgan fingerprint density at radius 1 is 1.40 bits per heavy atom. The molecule has 1 rings (SSSR count). The van der Waals surface area contributed by atoms with Gasteiger partial charge in [-0.15, -0.1) is 11.6 Å². The summed E-state index contributed by atoms with van der Waals surface area (Å²) in [5.74, 6) is -0.0793. The number of hydrogen-bond acceptors (Lipinski definition) is 2. The molecule has 0 fully saturated rings. The molecule has 0 bridgehead atoms. The third-order valence-electron chi connectivity index (χ3n) is 2.37. The molecule has 1 aromatic carbocycles. The van der Waals surface area contributed by atoms with Crippen molar-refractivity contribution in [1.29, 1.82) is 0 Å². The normalized spacial score (nSPS) is 14.7. The minimum atomic E-state index is -0.434. The number of alkyl halides is 1. The van der Waals surface area contributed by atoms with E-state index < -0.39 is 4.92 Å². The van der Waals surface area contributed by atoms with E-state index in [-0.39, 0.29) is 17.0 Å². The maximum absolute atomic E-state index is 10.8. The van der Waals surface area contributed by atoms with Gasteiger partial charge in [0.2, 0.25) is 0 Å². The van der Waals surface area contributed by atoms with Gasteiger partial charge >= 0.3 is 0 Å². The van der Waals surface area contributed by atoms with Crippen molar-refractivity contribution in [3.05, 3.63) is 38.9 Å². The number of halogens is 2. The zero-order valence-electron chi connectivity index (χ0n) is 8.41. The second-order valence-corrected chi connectivity index (χ2v) is 4.55. The Morgan fingerprint density at radius 2 is 2.00 bits per heavy atom. The number of nitro groups is 1. The molecule has 2 unspecified atom stereocenters. The Morgan fingerprint density at radius 3 is 2.47 bits per heavy atom. The molecular weight excluding hydrogens is 237 g/mol. The molecule has 3 nitrogen and oxygen atoms in total. The Bertz CT molecular complexity index is 380. The predicted octanol–water partition coefficient (Wildman–Crippen LogP) is 3.98. The van der Waals surface area contributed by atoms with E-state index >= 15 is 0 Å². The van der Waals surface area contributed by atoms with Gasteiger partial charge < -0.3 is 0 Å². The smallest absolute Gasteiger partial charge is 0.258 e. The zero-order valence-corrected chi connectivity index (χ0v) is 9.92. The third kappa shape index (κ3) is 2.83. The van der Waals surface area contributed by atoms with Crippen LogP contribution in [-0.4, -0.2) is 10.3 Å². The summed E-state index contributed by atoms with van der Waals surface area (Å²) in [6.45, 7) is 3.67. The van der Waals surface area contributed by atoms with Crippen LogP contribution in [0.3, 0.4) is 0 Å². The van der Waals surface area contributed by atoms with Crippen LogP contribution in [0.5, 0.6) is 0 Å². The number of rotatable bonds is 3. The van der Waals surface area contributed by atoms with E-state index in [9.17, 15) is 10.1 Å². The van der Waals surface area contributed by atoms with Crippen molar-refractivity contribution in [2.45, 2.75) is 25.1 Å². The Hall–Kier alpha value is -0.800. The molecule has 2 atom stereocenters. The largest absolute Gasteiger partial charge is 0.274 e. The molecule has 0 radical (unpaired) electrons. The lowest BCUT2D eigenvalue weighted by atomic mass is 9.96. The van der Waals surface area contributed by atoms with E-state index in [0.717, 1.165) is 0 Å². The summed E-state index contributed by atoms with van der Waals surface area (Å²) in [6.07, 6.45) is 0. The SMILES string of the molecule is CC(Cl)C(C)c1ccc(Cl)cc1[N+](=O)[O-]. The minimum Gasteiger partial charge on any atom is -0.258 e. The summed E-state index contributed by atoms with van der Waals surface area (Å²) in [4.78, 5) is 10.4. The highest BCUT2D eigenvalue weighted by atomic mass is 35.5. The fourth-order valence-electron chi connectivity index (χ4n) is 1.31. The second-order valence-electron chi connectivity index (χ2n) is 3.43. The summed E-state index contributed by atoms with van der Waals surface area (Å²) in [6, 6.07) is 4.65. The molecule has 0 heterocycles. The first kappa shape index (κ1) is 12.3. The molecule has 0 spiro atoms. The molecule has 0 N–H and O–H groups in total. The van der Waals surface area contributed by atoms with Gasteiger partial charge in [0.1, 0.15) is 0 Å². The fraction of sp³-hybridized carbons (Fsp3) is 0.400.